The predicted octanol–water partition coefficient (Wildman–Crippen LogP) is 2.00. The Kier molecular flexibility index (Phi) is 2.93. The zero-order chi connectivity index (χ0) is 13.6. The minimum atomic E-state index is -0.467. The molecule has 100 valence electrons. The van der Waals surface area contributed by atoms with Gasteiger partial charge in [0, 0.05) is 6.54 Å². The van der Waals surface area contributed by atoms with Gasteiger partial charge in [0.15, 0.2) is 11.6 Å². The highest BCUT2D eigenvalue weighted by molar-refractivity contribution is 5.41. The van der Waals surface area contributed by atoms with Crippen LogP contribution in [0, 0.1) is 22.6 Å². The molecule has 0 aliphatic heterocycles. The standard InChI is InChI=1S/C12H20FN5/c1-11(2)8(12(11,3)4)6-15-9-7(13)5-16-10(17-9)18-14/h5,8H,6,14H2,1-4H3,(H2,15,16,17,18). The first-order chi connectivity index (χ1) is 8.30. The third-order valence-corrected chi connectivity index (χ3v) is 4.67. The molecule has 0 amide bonds. The summed E-state index contributed by atoms with van der Waals surface area (Å²) in [6.07, 6.45) is 1.10. The molecule has 18 heavy (non-hydrogen) atoms. The first kappa shape index (κ1) is 13.0. The Morgan fingerprint density at radius 1 is 1.33 bits per heavy atom. The number of nitrogen functional groups attached to an aromatic ring is 1. The number of aromatic nitrogens is 2. The van der Waals surface area contributed by atoms with E-state index in [1.165, 1.54) is 0 Å². The van der Waals surface area contributed by atoms with E-state index in [1.54, 1.807) is 0 Å². The molecule has 4 N–H and O–H groups in total. The van der Waals surface area contributed by atoms with Gasteiger partial charge >= 0.3 is 0 Å². The van der Waals surface area contributed by atoms with Crippen LogP contribution in [0.3, 0.4) is 0 Å². The van der Waals surface area contributed by atoms with Gasteiger partial charge in [0.05, 0.1) is 6.20 Å². The van der Waals surface area contributed by atoms with Crippen molar-refractivity contribution in [2.24, 2.45) is 22.6 Å². The average Bonchev–Trinajstić information content (AvgIpc) is 2.69. The lowest BCUT2D eigenvalue weighted by molar-refractivity contribution is 0.457. The molecule has 1 saturated carbocycles. The minimum Gasteiger partial charge on any atom is -0.367 e. The van der Waals surface area contributed by atoms with Crippen LogP contribution in [0.1, 0.15) is 27.7 Å². The van der Waals surface area contributed by atoms with Crippen LogP contribution in [-0.4, -0.2) is 16.5 Å². The highest BCUT2D eigenvalue weighted by Crippen LogP contribution is 2.68. The van der Waals surface area contributed by atoms with Crippen LogP contribution >= 0.6 is 0 Å². The maximum absolute atomic E-state index is 13.5. The van der Waals surface area contributed by atoms with Gasteiger partial charge in [-0.2, -0.15) is 4.98 Å². The Hall–Kier alpha value is -1.43. The summed E-state index contributed by atoms with van der Waals surface area (Å²) in [4.78, 5) is 7.65. The summed E-state index contributed by atoms with van der Waals surface area (Å²) in [6, 6.07) is 0. The Bertz CT molecular complexity index is 444. The molecule has 2 rings (SSSR count). The second kappa shape index (κ2) is 4.05. The number of nitrogens with zero attached hydrogens (tertiary/aromatic N) is 2. The molecule has 6 heteroatoms. The SMILES string of the molecule is CC1(C)C(CNc2nc(NN)ncc2F)C1(C)C. The number of rotatable bonds is 4. The molecule has 0 radical (unpaired) electrons. The lowest BCUT2D eigenvalue weighted by atomic mass is 10.0. The van der Waals surface area contributed by atoms with Crippen molar-refractivity contribution in [3.8, 4) is 0 Å². The maximum Gasteiger partial charge on any atom is 0.239 e. The maximum atomic E-state index is 13.5. The van der Waals surface area contributed by atoms with Gasteiger partial charge in [-0.05, 0) is 16.7 Å². The van der Waals surface area contributed by atoms with Gasteiger partial charge in [-0.3, -0.25) is 5.43 Å². The van der Waals surface area contributed by atoms with Gasteiger partial charge in [0.2, 0.25) is 5.95 Å². The molecule has 1 aliphatic carbocycles. The van der Waals surface area contributed by atoms with Crippen molar-refractivity contribution in [2.75, 3.05) is 17.3 Å². The van der Waals surface area contributed by atoms with Crippen molar-refractivity contribution in [1.29, 1.82) is 0 Å². The number of hydrogen-bond donors (Lipinski definition) is 3. The van der Waals surface area contributed by atoms with Crippen LogP contribution in [0.25, 0.3) is 0 Å². The van der Waals surface area contributed by atoms with Gasteiger partial charge in [0.1, 0.15) is 0 Å². The van der Waals surface area contributed by atoms with Crippen molar-refractivity contribution in [2.45, 2.75) is 27.7 Å². The molecule has 0 atom stereocenters. The third kappa shape index (κ3) is 1.90. The molecule has 1 aromatic rings. The highest BCUT2D eigenvalue weighted by Gasteiger charge is 2.64. The van der Waals surface area contributed by atoms with Crippen LogP contribution in [0.4, 0.5) is 16.2 Å². The lowest BCUT2D eigenvalue weighted by Gasteiger charge is -2.08. The molecule has 1 aliphatic rings. The number of anilines is 2. The van der Waals surface area contributed by atoms with E-state index in [-0.39, 0.29) is 22.6 Å². The Morgan fingerprint density at radius 3 is 2.44 bits per heavy atom. The largest absolute Gasteiger partial charge is 0.367 e. The molecule has 0 saturated heterocycles. The van der Waals surface area contributed by atoms with Crippen LogP contribution in [0.5, 0.6) is 0 Å². The first-order valence-corrected chi connectivity index (χ1v) is 6.03. The molecule has 1 aromatic heterocycles. The van der Waals surface area contributed by atoms with E-state index in [2.05, 4.69) is 48.4 Å². The van der Waals surface area contributed by atoms with Gasteiger partial charge in [0.25, 0.3) is 0 Å². The Morgan fingerprint density at radius 2 is 1.94 bits per heavy atom. The topological polar surface area (TPSA) is 75.9 Å². The Labute approximate surface area is 106 Å². The van der Waals surface area contributed by atoms with E-state index in [0.717, 1.165) is 6.20 Å². The van der Waals surface area contributed by atoms with Crippen LogP contribution in [0.15, 0.2) is 6.20 Å². The molecule has 5 nitrogen and oxygen atoms in total. The van der Waals surface area contributed by atoms with E-state index in [4.69, 9.17) is 5.84 Å². The predicted molar refractivity (Wildman–Crippen MR) is 69.3 cm³/mol. The number of hydrazine groups is 1. The Balaban J connectivity index is 2.04. The fourth-order valence-corrected chi connectivity index (χ4v) is 2.60. The summed E-state index contributed by atoms with van der Waals surface area (Å²) in [5.41, 5.74) is 2.83. The zero-order valence-corrected chi connectivity index (χ0v) is 11.2. The summed E-state index contributed by atoms with van der Waals surface area (Å²) in [7, 11) is 0. The lowest BCUT2D eigenvalue weighted by Crippen LogP contribution is -2.15. The smallest absolute Gasteiger partial charge is 0.239 e. The molecular weight excluding hydrogens is 233 g/mol. The first-order valence-electron chi connectivity index (χ1n) is 6.03. The van der Waals surface area contributed by atoms with Crippen LogP contribution in [-0.2, 0) is 0 Å². The summed E-state index contributed by atoms with van der Waals surface area (Å²) in [5, 5.41) is 3.04. The van der Waals surface area contributed by atoms with E-state index in [0.29, 0.717) is 12.5 Å². The summed E-state index contributed by atoms with van der Waals surface area (Å²) in [6.45, 7) is 9.59. The monoisotopic (exact) mass is 253 g/mol. The molecule has 1 fully saturated rings. The van der Waals surface area contributed by atoms with Gasteiger partial charge in [-0.1, -0.05) is 27.7 Å². The summed E-state index contributed by atoms with van der Waals surface area (Å²) in [5.74, 6) is 5.62. The van der Waals surface area contributed by atoms with Crippen molar-refractivity contribution in [1.82, 2.24) is 9.97 Å². The summed E-state index contributed by atoms with van der Waals surface area (Å²) >= 11 is 0. The molecular formula is C12H20FN5. The minimum absolute atomic E-state index is 0.191. The zero-order valence-electron chi connectivity index (χ0n) is 11.2. The van der Waals surface area contributed by atoms with Crippen LogP contribution < -0.4 is 16.6 Å². The molecule has 0 bridgehead atoms. The van der Waals surface area contributed by atoms with Crippen molar-refractivity contribution < 1.29 is 4.39 Å². The average molecular weight is 253 g/mol. The van der Waals surface area contributed by atoms with Crippen molar-refractivity contribution in [3.63, 3.8) is 0 Å². The summed E-state index contributed by atoms with van der Waals surface area (Å²) < 4.78 is 13.5. The molecule has 1 heterocycles. The molecule has 0 unspecified atom stereocenters. The van der Waals surface area contributed by atoms with E-state index in [9.17, 15) is 4.39 Å². The second-order valence-corrected chi connectivity index (χ2v) is 5.91. The quantitative estimate of drug-likeness (QED) is 0.565. The van der Waals surface area contributed by atoms with E-state index >= 15 is 0 Å². The van der Waals surface area contributed by atoms with Gasteiger partial charge in [-0.25, -0.2) is 15.2 Å². The third-order valence-electron chi connectivity index (χ3n) is 4.67. The number of hydrogen-bond acceptors (Lipinski definition) is 5. The number of nitrogens with one attached hydrogen (secondary N) is 2. The van der Waals surface area contributed by atoms with E-state index < -0.39 is 5.82 Å². The van der Waals surface area contributed by atoms with E-state index in [1.807, 2.05) is 0 Å². The fraction of sp³-hybridized carbons (Fsp3) is 0.667. The highest BCUT2D eigenvalue weighted by atomic mass is 19.1. The van der Waals surface area contributed by atoms with Crippen molar-refractivity contribution in [3.05, 3.63) is 12.0 Å². The van der Waals surface area contributed by atoms with Gasteiger partial charge in [-0.15, -0.1) is 0 Å². The fourth-order valence-electron chi connectivity index (χ4n) is 2.60. The van der Waals surface area contributed by atoms with Gasteiger partial charge < -0.3 is 5.32 Å². The second-order valence-electron chi connectivity index (χ2n) is 5.91. The normalized spacial score (nSPS) is 20.6. The van der Waals surface area contributed by atoms with Crippen molar-refractivity contribution >= 4 is 11.8 Å². The number of nitrogens with two attached hydrogens (primary N) is 1. The number of halogens is 1. The van der Waals surface area contributed by atoms with Crippen LogP contribution in [0.2, 0.25) is 0 Å². The molecule has 0 aromatic carbocycles. The molecule has 0 spiro atoms.